The fourth-order valence-electron chi connectivity index (χ4n) is 7.45. The van der Waals surface area contributed by atoms with Crippen LogP contribution in [0.25, 0.3) is 0 Å². The van der Waals surface area contributed by atoms with Crippen molar-refractivity contribution in [2.45, 2.75) is 89.9 Å². The van der Waals surface area contributed by atoms with Crippen LogP contribution in [0.2, 0.25) is 0 Å². The van der Waals surface area contributed by atoms with Gasteiger partial charge in [0.2, 0.25) is 0 Å². The lowest BCUT2D eigenvalue weighted by atomic mass is 9.46. The van der Waals surface area contributed by atoms with Crippen LogP contribution < -0.4 is 0 Å². The van der Waals surface area contributed by atoms with Gasteiger partial charge in [0.15, 0.2) is 0 Å². The Balaban J connectivity index is 1.67. The summed E-state index contributed by atoms with van der Waals surface area (Å²) in [5.74, 6) is 1.87. The van der Waals surface area contributed by atoms with Crippen molar-refractivity contribution >= 4 is 0 Å². The Morgan fingerprint density at radius 3 is 2.46 bits per heavy atom. The Bertz CT molecular complexity index is 555. The molecule has 4 aliphatic carbocycles. The van der Waals surface area contributed by atoms with Crippen LogP contribution in [0.5, 0.6) is 0 Å². The second-order valence-corrected chi connectivity index (χ2v) is 9.73. The first-order valence-electron chi connectivity index (χ1n) is 10.0. The molecule has 4 aliphatic rings. The zero-order chi connectivity index (χ0) is 17.3. The van der Waals surface area contributed by atoms with Crippen LogP contribution in [-0.4, -0.2) is 33.1 Å². The minimum absolute atomic E-state index is 0.145. The Morgan fingerprint density at radius 1 is 1.04 bits per heavy atom. The van der Waals surface area contributed by atoms with E-state index in [-0.39, 0.29) is 16.9 Å². The molecule has 4 rings (SSSR count). The Kier molecular flexibility index (Phi) is 3.77. The SMILES string of the molecule is C[C@@H](O)[C@]1(O)CCC2C3CCC4=CC(O)CC[C@@]4(C)C3CC[C@]21C. The predicted molar refractivity (Wildman–Crippen MR) is 94.3 cm³/mol. The molecule has 8 atom stereocenters. The molecule has 4 unspecified atom stereocenters. The predicted octanol–water partition coefficient (Wildman–Crippen LogP) is 3.42. The van der Waals surface area contributed by atoms with Crippen molar-refractivity contribution in [3.8, 4) is 0 Å². The number of aliphatic hydroxyl groups excluding tert-OH is 2. The standard InChI is InChI=1S/C21H34O3/c1-13(22)21(24)11-8-18-16-5-4-14-12-15(23)6-9-19(14,2)17(16)7-10-20(18,21)3/h12-13,15-18,22-24H,4-11H2,1-3H3/t13-,15?,16?,17?,18?,19-,20-,21-/m1/s1. The van der Waals surface area contributed by atoms with Crippen LogP contribution in [0.1, 0.15) is 72.1 Å². The first-order valence-corrected chi connectivity index (χ1v) is 10.0. The molecule has 0 heterocycles. The maximum Gasteiger partial charge on any atom is 0.0958 e. The highest BCUT2D eigenvalue weighted by atomic mass is 16.3. The summed E-state index contributed by atoms with van der Waals surface area (Å²) in [4.78, 5) is 0. The topological polar surface area (TPSA) is 60.7 Å². The molecule has 0 aliphatic heterocycles. The van der Waals surface area contributed by atoms with E-state index in [0.29, 0.717) is 17.8 Å². The van der Waals surface area contributed by atoms with Crippen molar-refractivity contribution < 1.29 is 15.3 Å². The molecule has 0 bridgehead atoms. The van der Waals surface area contributed by atoms with E-state index in [1.54, 1.807) is 6.92 Å². The Labute approximate surface area is 146 Å². The lowest BCUT2D eigenvalue weighted by Crippen LogP contribution is -2.58. The number of hydrogen-bond acceptors (Lipinski definition) is 3. The monoisotopic (exact) mass is 334 g/mol. The molecule has 3 nitrogen and oxygen atoms in total. The molecule has 136 valence electrons. The quantitative estimate of drug-likeness (QED) is 0.644. The zero-order valence-electron chi connectivity index (χ0n) is 15.5. The van der Waals surface area contributed by atoms with E-state index in [2.05, 4.69) is 19.9 Å². The Hall–Kier alpha value is -0.380. The number of aliphatic hydroxyl groups is 3. The van der Waals surface area contributed by atoms with Crippen LogP contribution in [0.3, 0.4) is 0 Å². The van der Waals surface area contributed by atoms with Gasteiger partial charge in [-0.3, -0.25) is 0 Å². The van der Waals surface area contributed by atoms with E-state index in [1.165, 1.54) is 12.0 Å². The third-order valence-electron chi connectivity index (χ3n) is 9.00. The van der Waals surface area contributed by atoms with Crippen LogP contribution in [0.4, 0.5) is 0 Å². The molecular formula is C21H34O3. The number of hydrogen-bond donors (Lipinski definition) is 3. The van der Waals surface area contributed by atoms with E-state index >= 15 is 0 Å². The number of allylic oxidation sites excluding steroid dienone is 1. The maximum absolute atomic E-state index is 11.3. The lowest BCUT2D eigenvalue weighted by Gasteiger charge is -2.59. The van der Waals surface area contributed by atoms with Gasteiger partial charge < -0.3 is 15.3 Å². The summed E-state index contributed by atoms with van der Waals surface area (Å²) in [6.07, 6.45) is 9.51. The number of rotatable bonds is 1. The van der Waals surface area contributed by atoms with Gasteiger partial charge in [-0.15, -0.1) is 0 Å². The summed E-state index contributed by atoms with van der Waals surface area (Å²) in [5, 5.41) is 31.6. The summed E-state index contributed by atoms with van der Waals surface area (Å²) in [6.45, 7) is 6.44. The van der Waals surface area contributed by atoms with Gasteiger partial charge in [0, 0.05) is 5.41 Å². The molecule has 0 spiro atoms. The summed E-state index contributed by atoms with van der Waals surface area (Å²) in [7, 11) is 0. The summed E-state index contributed by atoms with van der Waals surface area (Å²) >= 11 is 0. The fraction of sp³-hybridized carbons (Fsp3) is 0.905. The van der Waals surface area contributed by atoms with Crippen LogP contribution in [-0.2, 0) is 0 Å². The molecule has 3 fully saturated rings. The largest absolute Gasteiger partial charge is 0.390 e. The van der Waals surface area contributed by atoms with Crippen molar-refractivity contribution in [1.82, 2.24) is 0 Å². The van der Waals surface area contributed by atoms with Crippen molar-refractivity contribution in [1.29, 1.82) is 0 Å². The van der Waals surface area contributed by atoms with Crippen LogP contribution in [0.15, 0.2) is 11.6 Å². The van der Waals surface area contributed by atoms with Crippen LogP contribution in [0, 0.1) is 28.6 Å². The maximum atomic E-state index is 11.3. The second-order valence-electron chi connectivity index (χ2n) is 9.73. The number of fused-ring (bicyclic) bond motifs is 5. The molecule has 24 heavy (non-hydrogen) atoms. The van der Waals surface area contributed by atoms with E-state index in [1.807, 2.05) is 0 Å². The molecule has 0 saturated heterocycles. The summed E-state index contributed by atoms with van der Waals surface area (Å²) < 4.78 is 0. The minimum atomic E-state index is -0.914. The molecule has 0 aromatic carbocycles. The molecule has 0 amide bonds. The van der Waals surface area contributed by atoms with Gasteiger partial charge in [-0.25, -0.2) is 0 Å². The van der Waals surface area contributed by atoms with Crippen LogP contribution >= 0.6 is 0 Å². The van der Waals surface area contributed by atoms with E-state index in [4.69, 9.17) is 0 Å². The average molecular weight is 335 g/mol. The smallest absolute Gasteiger partial charge is 0.0958 e. The van der Waals surface area contributed by atoms with Gasteiger partial charge in [-0.1, -0.05) is 25.5 Å². The molecule has 3 saturated carbocycles. The molecule has 0 aromatic heterocycles. The highest BCUT2D eigenvalue weighted by Gasteiger charge is 2.65. The fourth-order valence-corrected chi connectivity index (χ4v) is 7.45. The molecule has 0 aromatic rings. The van der Waals surface area contributed by atoms with Gasteiger partial charge in [0.1, 0.15) is 0 Å². The van der Waals surface area contributed by atoms with Crippen molar-refractivity contribution in [3.63, 3.8) is 0 Å². The van der Waals surface area contributed by atoms with Crippen molar-refractivity contribution in [3.05, 3.63) is 11.6 Å². The zero-order valence-corrected chi connectivity index (χ0v) is 15.5. The van der Waals surface area contributed by atoms with Crippen molar-refractivity contribution in [2.75, 3.05) is 0 Å². The summed E-state index contributed by atoms with van der Waals surface area (Å²) in [5.41, 5.74) is 0.681. The first-order chi connectivity index (χ1) is 11.2. The van der Waals surface area contributed by atoms with Gasteiger partial charge in [0.25, 0.3) is 0 Å². The molecule has 3 heteroatoms. The Morgan fingerprint density at radius 2 is 1.75 bits per heavy atom. The van der Waals surface area contributed by atoms with Crippen molar-refractivity contribution in [2.24, 2.45) is 28.6 Å². The average Bonchev–Trinajstić information content (AvgIpc) is 2.81. The van der Waals surface area contributed by atoms with Gasteiger partial charge in [0.05, 0.1) is 17.8 Å². The normalized spacial score (nSPS) is 55.2. The first kappa shape index (κ1) is 17.1. The molecular weight excluding hydrogens is 300 g/mol. The van der Waals surface area contributed by atoms with Gasteiger partial charge in [-0.05, 0) is 81.5 Å². The highest BCUT2D eigenvalue weighted by molar-refractivity contribution is 5.26. The van der Waals surface area contributed by atoms with E-state index < -0.39 is 11.7 Å². The van der Waals surface area contributed by atoms with Gasteiger partial charge >= 0.3 is 0 Å². The minimum Gasteiger partial charge on any atom is -0.390 e. The van der Waals surface area contributed by atoms with E-state index in [9.17, 15) is 15.3 Å². The third-order valence-corrected chi connectivity index (χ3v) is 9.00. The summed E-state index contributed by atoms with van der Waals surface area (Å²) in [6, 6.07) is 0. The second kappa shape index (κ2) is 5.31. The third kappa shape index (κ3) is 2.01. The molecule has 3 N–H and O–H groups in total. The highest BCUT2D eigenvalue weighted by Crippen LogP contribution is 2.68. The lowest BCUT2D eigenvalue weighted by molar-refractivity contribution is -0.172. The molecule has 0 radical (unpaired) electrons. The van der Waals surface area contributed by atoms with E-state index in [0.717, 1.165) is 44.9 Å². The van der Waals surface area contributed by atoms with Gasteiger partial charge in [-0.2, -0.15) is 0 Å².